The number of para-hydroxylation sites is 1. The van der Waals surface area contributed by atoms with Crippen molar-refractivity contribution < 1.29 is 14.7 Å². The Balaban J connectivity index is 1.92. The third-order valence-electron chi connectivity index (χ3n) is 3.75. The Hall–Kier alpha value is -3.48. The number of rotatable bonds is 4. The lowest BCUT2D eigenvalue weighted by molar-refractivity contribution is 0.153. The number of benzene rings is 2. The molecular formula is C18H16N2O5. The smallest absolute Gasteiger partial charge is 0.366 e. The van der Waals surface area contributed by atoms with Gasteiger partial charge in [-0.15, -0.1) is 0 Å². The predicted octanol–water partition coefficient (Wildman–Crippen LogP) is 2.25. The van der Waals surface area contributed by atoms with Crippen LogP contribution >= 0.6 is 0 Å². The lowest BCUT2D eigenvalue weighted by atomic mass is 10.0. The van der Waals surface area contributed by atoms with Crippen LogP contribution in [0.2, 0.25) is 0 Å². The second-order valence-electron chi connectivity index (χ2n) is 5.30. The minimum absolute atomic E-state index is 0.0254. The van der Waals surface area contributed by atoms with Gasteiger partial charge < -0.3 is 14.7 Å². The van der Waals surface area contributed by atoms with Gasteiger partial charge in [-0.3, -0.25) is 9.36 Å². The van der Waals surface area contributed by atoms with Gasteiger partial charge in [0.15, 0.2) is 0 Å². The zero-order valence-electron chi connectivity index (χ0n) is 13.7. The molecule has 0 saturated heterocycles. The van der Waals surface area contributed by atoms with Crippen LogP contribution in [-0.2, 0) is 7.05 Å². The molecule has 0 radical (unpaired) electrons. The zero-order valence-corrected chi connectivity index (χ0v) is 13.7. The first-order valence-electron chi connectivity index (χ1n) is 7.45. The molecule has 7 heteroatoms. The van der Waals surface area contributed by atoms with Crippen molar-refractivity contribution in [2.45, 2.75) is 0 Å². The quantitative estimate of drug-likeness (QED) is 0.737. The number of nitrogens with zero attached hydrogens (tertiary/aromatic N) is 2. The van der Waals surface area contributed by atoms with Gasteiger partial charge in [0.1, 0.15) is 11.5 Å². The molecule has 2 aromatic carbocycles. The van der Waals surface area contributed by atoms with Crippen molar-refractivity contribution in [3.05, 3.63) is 75.4 Å². The summed E-state index contributed by atoms with van der Waals surface area (Å²) in [5.74, 6) is 1.24. The Bertz CT molecular complexity index is 1020. The summed E-state index contributed by atoms with van der Waals surface area (Å²) < 4.78 is 12.0. The molecule has 0 aliphatic heterocycles. The Kier molecular flexibility index (Phi) is 4.30. The van der Waals surface area contributed by atoms with E-state index in [1.807, 2.05) is 36.4 Å². The van der Waals surface area contributed by atoms with Gasteiger partial charge >= 0.3 is 5.69 Å². The van der Waals surface area contributed by atoms with Gasteiger partial charge in [-0.2, -0.15) is 0 Å². The van der Waals surface area contributed by atoms with E-state index in [0.717, 1.165) is 27.5 Å². The number of methoxy groups -OCH3 is 1. The summed E-state index contributed by atoms with van der Waals surface area (Å²) in [7, 11) is 3.01. The van der Waals surface area contributed by atoms with Crippen molar-refractivity contribution in [1.29, 1.82) is 0 Å². The third kappa shape index (κ3) is 3.12. The van der Waals surface area contributed by atoms with E-state index >= 15 is 0 Å². The highest BCUT2D eigenvalue weighted by Gasteiger charge is 2.10. The average Bonchev–Trinajstić information content (AvgIpc) is 2.65. The number of aromatic nitrogens is 2. The highest BCUT2D eigenvalue weighted by Crippen LogP contribution is 2.31. The van der Waals surface area contributed by atoms with Gasteiger partial charge in [0.05, 0.1) is 13.2 Å². The van der Waals surface area contributed by atoms with Gasteiger partial charge in [-0.25, -0.2) is 4.79 Å². The van der Waals surface area contributed by atoms with E-state index in [9.17, 15) is 14.8 Å². The predicted molar refractivity (Wildman–Crippen MR) is 91.6 cm³/mol. The maximum absolute atomic E-state index is 11.7. The molecule has 0 atom stereocenters. The van der Waals surface area contributed by atoms with E-state index in [-0.39, 0.29) is 10.6 Å². The van der Waals surface area contributed by atoms with Crippen molar-refractivity contribution in [1.82, 2.24) is 9.30 Å². The zero-order chi connectivity index (χ0) is 18.0. The van der Waals surface area contributed by atoms with Crippen molar-refractivity contribution in [2.24, 2.45) is 7.05 Å². The largest absolute Gasteiger partial charge is 0.496 e. The van der Waals surface area contributed by atoms with Crippen LogP contribution in [0, 0.1) is 0 Å². The van der Waals surface area contributed by atoms with Crippen molar-refractivity contribution in [3.8, 4) is 28.5 Å². The third-order valence-corrected chi connectivity index (χ3v) is 3.75. The minimum Gasteiger partial charge on any atom is -0.496 e. The maximum Gasteiger partial charge on any atom is 0.366 e. The second kappa shape index (κ2) is 6.56. The fraction of sp³-hybridized carbons (Fsp3) is 0.111. The molecule has 0 fully saturated rings. The monoisotopic (exact) mass is 340 g/mol. The fourth-order valence-electron chi connectivity index (χ4n) is 2.40. The molecule has 3 rings (SSSR count). The van der Waals surface area contributed by atoms with Crippen LogP contribution < -0.4 is 20.7 Å². The van der Waals surface area contributed by atoms with Gasteiger partial charge in [-0.1, -0.05) is 35.1 Å². The van der Waals surface area contributed by atoms with E-state index in [4.69, 9.17) is 9.47 Å². The Labute approximate surface area is 142 Å². The van der Waals surface area contributed by atoms with Crippen molar-refractivity contribution in [3.63, 3.8) is 0 Å². The summed E-state index contributed by atoms with van der Waals surface area (Å²) >= 11 is 0. The van der Waals surface area contributed by atoms with E-state index in [1.54, 1.807) is 19.2 Å². The van der Waals surface area contributed by atoms with Crippen LogP contribution in [0.25, 0.3) is 11.1 Å². The topological polar surface area (TPSA) is 82.7 Å². The Morgan fingerprint density at radius 3 is 2.36 bits per heavy atom. The molecule has 0 saturated carbocycles. The van der Waals surface area contributed by atoms with E-state index in [2.05, 4.69) is 0 Å². The Morgan fingerprint density at radius 2 is 1.68 bits per heavy atom. The summed E-state index contributed by atoms with van der Waals surface area (Å²) in [4.78, 5) is 23.2. The first-order chi connectivity index (χ1) is 12.0. The van der Waals surface area contributed by atoms with Crippen LogP contribution in [0.4, 0.5) is 0 Å². The van der Waals surface area contributed by atoms with Gasteiger partial charge in [0.2, 0.25) is 5.88 Å². The summed E-state index contributed by atoms with van der Waals surface area (Å²) in [6, 6.07) is 15.8. The van der Waals surface area contributed by atoms with Crippen LogP contribution in [0.3, 0.4) is 0 Å². The summed E-state index contributed by atoms with van der Waals surface area (Å²) in [6.07, 6.45) is 0. The van der Waals surface area contributed by atoms with Gasteiger partial charge in [-0.05, 0) is 23.8 Å². The van der Waals surface area contributed by atoms with Crippen LogP contribution in [0.1, 0.15) is 0 Å². The second-order valence-corrected chi connectivity index (χ2v) is 5.30. The van der Waals surface area contributed by atoms with E-state index in [1.165, 1.54) is 7.05 Å². The first-order valence-corrected chi connectivity index (χ1v) is 7.45. The molecule has 0 spiro atoms. The van der Waals surface area contributed by atoms with Crippen LogP contribution in [0.5, 0.6) is 17.4 Å². The molecule has 25 heavy (non-hydrogen) atoms. The average molecular weight is 340 g/mol. The molecule has 0 bridgehead atoms. The number of hydrogen-bond acceptors (Lipinski definition) is 5. The standard InChI is InChI=1S/C18H16N2O5/c1-19-17(11-16(21)20(23)18(19)22)25-13-9-7-12(8-10-13)14-5-3-4-6-15(14)24-2/h3-11,23H,1-2H3. The van der Waals surface area contributed by atoms with E-state index < -0.39 is 11.2 Å². The Morgan fingerprint density at radius 1 is 1.00 bits per heavy atom. The lowest BCUT2D eigenvalue weighted by Gasteiger charge is -2.11. The molecule has 0 amide bonds. The molecule has 1 heterocycles. The van der Waals surface area contributed by atoms with Crippen LogP contribution in [0.15, 0.2) is 64.2 Å². The van der Waals surface area contributed by atoms with Crippen LogP contribution in [-0.4, -0.2) is 21.6 Å². The van der Waals surface area contributed by atoms with Gasteiger partial charge in [0, 0.05) is 12.6 Å². The highest BCUT2D eigenvalue weighted by atomic mass is 16.5. The molecule has 0 aliphatic rings. The van der Waals surface area contributed by atoms with E-state index in [0.29, 0.717) is 5.75 Å². The molecule has 0 aliphatic carbocycles. The molecule has 1 aromatic heterocycles. The first kappa shape index (κ1) is 16.4. The SMILES string of the molecule is COc1ccccc1-c1ccc(Oc2cc(=O)n(O)c(=O)n2C)cc1. The number of hydrogen-bond donors (Lipinski definition) is 1. The highest BCUT2D eigenvalue weighted by molar-refractivity contribution is 5.70. The lowest BCUT2D eigenvalue weighted by Crippen LogP contribution is -2.37. The summed E-state index contributed by atoms with van der Waals surface area (Å²) in [5.41, 5.74) is 0.133. The molecular weight excluding hydrogens is 324 g/mol. The summed E-state index contributed by atoms with van der Waals surface area (Å²) in [6.45, 7) is 0. The molecule has 0 unspecified atom stereocenters. The van der Waals surface area contributed by atoms with Crippen molar-refractivity contribution >= 4 is 0 Å². The molecule has 3 aromatic rings. The summed E-state index contributed by atoms with van der Waals surface area (Å²) in [5, 5.41) is 9.29. The normalized spacial score (nSPS) is 10.5. The molecule has 1 N–H and O–H groups in total. The molecule has 7 nitrogen and oxygen atoms in total. The fourth-order valence-corrected chi connectivity index (χ4v) is 2.40. The molecule has 128 valence electrons. The minimum atomic E-state index is -0.881. The van der Waals surface area contributed by atoms with Crippen molar-refractivity contribution in [2.75, 3.05) is 7.11 Å². The number of ether oxygens (including phenoxy) is 2. The maximum atomic E-state index is 11.7. The van der Waals surface area contributed by atoms with Gasteiger partial charge in [0.25, 0.3) is 5.56 Å².